The van der Waals surface area contributed by atoms with Gasteiger partial charge < -0.3 is 9.64 Å². The molecule has 1 aliphatic rings. The zero-order valence-corrected chi connectivity index (χ0v) is 13.7. The molecule has 1 aliphatic heterocycles. The summed E-state index contributed by atoms with van der Waals surface area (Å²) in [5.74, 6) is 0. The quantitative estimate of drug-likeness (QED) is 0.800. The van der Waals surface area contributed by atoms with Gasteiger partial charge in [-0.2, -0.15) is 0 Å². The minimum atomic E-state index is -3.28. The molecule has 0 amide bonds. The molecule has 6 heteroatoms. The van der Waals surface area contributed by atoms with Crippen LogP contribution in [0.5, 0.6) is 0 Å². The molecular formula is C15H24N2O3S. The normalized spacial score (nSPS) is 22.7. The Balaban J connectivity index is 1.93. The summed E-state index contributed by atoms with van der Waals surface area (Å²) in [7, 11) is 0.337. The van der Waals surface area contributed by atoms with Gasteiger partial charge in [0.05, 0.1) is 6.10 Å². The van der Waals surface area contributed by atoms with E-state index in [1.165, 1.54) is 4.31 Å². The van der Waals surface area contributed by atoms with Gasteiger partial charge in [0.2, 0.25) is 10.0 Å². The zero-order valence-electron chi connectivity index (χ0n) is 12.9. The van der Waals surface area contributed by atoms with Crippen molar-refractivity contribution in [1.29, 1.82) is 0 Å². The second-order valence-corrected chi connectivity index (χ2v) is 7.79. The number of sulfonamides is 1. The van der Waals surface area contributed by atoms with Crippen LogP contribution in [0, 0.1) is 0 Å². The average Bonchev–Trinajstić information content (AvgIpc) is 2.92. The third-order valence-corrected chi connectivity index (χ3v) is 6.51. The smallest absolute Gasteiger partial charge is 0.219 e. The molecule has 21 heavy (non-hydrogen) atoms. The van der Waals surface area contributed by atoms with Crippen molar-refractivity contribution in [2.75, 3.05) is 38.7 Å². The molecule has 5 nitrogen and oxygen atoms in total. The lowest BCUT2D eigenvalue weighted by Gasteiger charge is -2.26. The van der Waals surface area contributed by atoms with Crippen LogP contribution in [0.2, 0.25) is 0 Å². The van der Waals surface area contributed by atoms with E-state index >= 15 is 0 Å². The van der Waals surface area contributed by atoms with Gasteiger partial charge in [0.1, 0.15) is 5.25 Å². The van der Waals surface area contributed by atoms with Crippen LogP contribution in [0.1, 0.15) is 13.3 Å². The molecule has 1 aromatic rings. The number of hydrogen-bond acceptors (Lipinski definition) is 4. The lowest BCUT2D eigenvalue weighted by atomic mass is 10.3. The second kappa shape index (κ2) is 6.77. The summed E-state index contributed by atoms with van der Waals surface area (Å²) < 4.78 is 31.9. The van der Waals surface area contributed by atoms with E-state index in [2.05, 4.69) is 4.90 Å². The first-order valence-corrected chi connectivity index (χ1v) is 8.76. The summed E-state index contributed by atoms with van der Waals surface area (Å²) in [5.41, 5.74) is 1.08. The van der Waals surface area contributed by atoms with Crippen molar-refractivity contribution in [1.82, 2.24) is 4.31 Å². The van der Waals surface area contributed by atoms with E-state index in [9.17, 15) is 8.42 Å². The van der Waals surface area contributed by atoms with Crippen LogP contribution in [0.3, 0.4) is 0 Å². The number of anilines is 1. The molecule has 0 aliphatic carbocycles. The number of likely N-dealkylation sites (N-methyl/N-ethyl adjacent to an activating group) is 2. The molecule has 2 atom stereocenters. The maximum Gasteiger partial charge on any atom is 0.219 e. The van der Waals surface area contributed by atoms with E-state index in [0.29, 0.717) is 26.1 Å². The van der Waals surface area contributed by atoms with Crippen LogP contribution in [-0.4, -0.2) is 57.9 Å². The number of benzene rings is 1. The van der Waals surface area contributed by atoms with E-state index in [1.54, 1.807) is 7.05 Å². The highest BCUT2D eigenvalue weighted by Gasteiger charge is 2.38. The van der Waals surface area contributed by atoms with E-state index in [-0.39, 0.29) is 6.10 Å². The van der Waals surface area contributed by atoms with Gasteiger partial charge in [-0.25, -0.2) is 12.7 Å². The largest absolute Gasteiger partial charge is 0.377 e. The Morgan fingerprint density at radius 2 is 1.86 bits per heavy atom. The van der Waals surface area contributed by atoms with Gasteiger partial charge in [0.25, 0.3) is 0 Å². The number of nitrogens with zero attached hydrogens (tertiary/aromatic N) is 2. The minimum Gasteiger partial charge on any atom is -0.377 e. The van der Waals surface area contributed by atoms with Gasteiger partial charge in [-0.05, 0) is 25.5 Å². The maximum absolute atomic E-state index is 12.5. The van der Waals surface area contributed by atoms with Crippen molar-refractivity contribution in [2.45, 2.75) is 24.7 Å². The highest BCUT2D eigenvalue weighted by molar-refractivity contribution is 7.89. The Bertz CT molecular complexity index is 547. The Labute approximate surface area is 127 Å². The molecule has 0 radical (unpaired) electrons. The third-order valence-electron chi connectivity index (χ3n) is 4.07. The van der Waals surface area contributed by atoms with Crippen molar-refractivity contribution >= 4 is 15.7 Å². The van der Waals surface area contributed by atoms with E-state index in [4.69, 9.17) is 4.74 Å². The molecule has 0 N–H and O–H groups in total. The van der Waals surface area contributed by atoms with Crippen LogP contribution in [0.25, 0.3) is 0 Å². The molecule has 0 aromatic heterocycles. The maximum atomic E-state index is 12.5. The van der Waals surface area contributed by atoms with E-state index in [0.717, 1.165) is 5.69 Å². The van der Waals surface area contributed by atoms with Gasteiger partial charge in [-0.15, -0.1) is 0 Å². The molecule has 0 bridgehead atoms. The Hall–Kier alpha value is -1.11. The van der Waals surface area contributed by atoms with Crippen LogP contribution < -0.4 is 4.90 Å². The van der Waals surface area contributed by atoms with E-state index < -0.39 is 15.3 Å². The molecule has 118 valence electrons. The molecule has 1 heterocycles. The monoisotopic (exact) mass is 312 g/mol. The van der Waals surface area contributed by atoms with Crippen molar-refractivity contribution < 1.29 is 13.2 Å². The summed E-state index contributed by atoms with van der Waals surface area (Å²) in [6, 6.07) is 9.95. The summed E-state index contributed by atoms with van der Waals surface area (Å²) in [4.78, 5) is 2.06. The first kappa shape index (κ1) is 16.3. The average molecular weight is 312 g/mol. The standard InChI is InChI=1S/C15H24N2O3S/c1-13-15(9-12-20-13)21(18,19)17(3)11-10-16(2)14-7-5-4-6-8-14/h4-8,13,15H,9-12H2,1-3H3/t13-,15-/m1/s1. The third kappa shape index (κ3) is 3.75. The van der Waals surface area contributed by atoms with Gasteiger partial charge in [0.15, 0.2) is 0 Å². The molecular weight excluding hydrogens is 288 g/mol. The van der Waals surface area contributed by atoms with Gasteiger partial charge >= 0.3 is 0 Å². The Morgan fingerprint density at radius 1 is 1.19 bits per heavy atom. The molecule has 0 saturated carbocycles. The van der Waals surface area contributed by atoms with Gasteiger partial charge in [-0.1, -0.05) is 18.2 Å². The SMILES string of the molecule is C[C@H]1OCC[C@H]1S(=O)(=O)N(C)CCN(C)c1ccccc1. The first-order valence-electron chi connectivity index (χ1n) is 7.26. The fourth-order valence-electron chi connectivity index (χ4n) is 2.56. The van der Waals surface area contributed by atoms with Crippen molar-refractivity contribution in [3.8, 4) is 0 Å². The highest BCUT2D eigenvalue weighted by Crippen LogP contribution is 2.23. The van der Waals surface area contributed by atoms with Crippen molar-refractivity contribution in [2.24, 2.45) is 0 Å². The highest BCUT2D eigenvalue weighted by atomic mass is 32.2. The molecule has 2 rings (SSSR count). The topological polar surface area (TPSA) is 49.9 Å². The summed E-state index contributed by atoms with van der Waals surface area (Å²) in [5, 5.41) is -0.412. The second-order valence-electron chi connectivity index (χ2n) is 5.53. The molecule has 1 aromatic carbocycles. The predicted molar refractivity (Wildman–Crippen MR) is 85.1 cm³/mol. The fraction of sp³-hybridized carbons (Fsp3) is 0.600. The lowest BCUT2D eigenvalue weighted by molar-refractivity contribution is 0.125. The summed E-state index contributed by atoms with van der Waals surface area (Å²) in [6.45, 7) is 3.49. The number of para-hydroxylation sites is 1. The predicted octanol–water partition coefficient (Wildman–Crippen LogP) is 1.56. The zero-order chi connectivity index (χ0) is 15.5. The number of rotatable bonds is 6. The number of ether oxygens (including phenoxy) is 1. The number of hydrogen-bond donors (Lipinski definition) is 0. The molecule has 0 spiro atoms. The Kier molecular flexibility index (Phi) is 5.24. The van der Waals surface area contributed by atoms with Crippen LogP contribution in [0.4, 0.5) is 5.69 Å². The van der Waals surface area contributed by atoms with Crippen LogP contribution >= 0.6 is 0 Å². The van der Waals surface area contributed by atoms with Crippen LogP contribution in [0.15, 0.2) is 30.3 Å². The summed E-state index contributed by atoms with van der Waals surface area (Å²) in [6.07, 6.45) is 0.367. The lowest BCUT2D eigenvalue weighted by Crippen LogP contribution is -2.42. The van der Waals surface area contributed by atoms with Crippen molar-refractivity contribution in [3.05, 3.63) is 30.3 Å². The van der Waals surface area contributed by atoms with Gasteiger partial charge in [-0.3, -0.25) is 0 Å². The molecule has 0 unspecified atom stereocenters. The van der Waals surface area contributed by atoms with Crippen molar-refractivity contribution in [3.63, 3.8) is 0 Å². The van der Waals surface area contributed by atoms with Crippen LogP contribution in [-0.2, 0) is 14.8 Å². The fourth-order valence-corrected chi connectivity index (χ4v) is 4.32. The van der Waals surface area contributed by atoms with E-state index in [1.807, 2.05) is 44.3 Å². The molecule has 1 fully saturated rings. The summed E-state index contributed by atoms with van der Waals surface area (Å²) >= 11 is 0. The van der Waals surface area contributed by atoms with Gasteiger partial charge in [0, 0.05) is 39.5 Å². The Morgan fingerprint density at radius 3 is 2.43 bits per heavy atom. The minimum absolute atomic E-state index is 0.218. The first-order chi connectivity index (χ1) is 9.93. The molecule has 1 saturated heterocycles.